The first-order chi connectivity index (χ1) is 7.03. The number of aromatic hydroxyl groups is 1. The SMILES string of the molecule is Cc1cc(S(=O)(=O)O)cc(C(F)(F)F)c1O. The lowest BCUT2D eigenvalue weighted by molar-refractivity contribution is -0.139. The van der Waals surface area contributed by atoms with Gasteiger partial charge in [0.25, 0.3) is 10.1 Å². The minimum Gasteiger partial charge on any atom is -0.507 e. The first-order valence-electron chi connectivity index (χ1n) is 3.92. The Morgan fingerprint density at radius 3 is 2.12 bits per heavy atom. The molecule has 90 valence electrons. The lowest BCUT2D eigenvalue weighted by Crippen LogP contribution is -2.09. The minimum absolute atomic E-state index is 0.178. The molecule has 0 aromatic heterocycles. The van der Waals surface area contributed by atoms with Gasteiger partial charge in [-0.1, -0.05) is 0 Å². The van der Waals surface area contributed by atoms with E-state index in [9.17, 15) is 21.6 Å². The maximum Gasteiger partial charge on any atom is 0.420 e. The smallest absolute Gasteiger partial charge is 0.420 e. The Balaban J connectivity index is 3.59. The lowest BCUT2D eigenvalue weighted by atomic mass is 10.1. The molecule has 1 aromatic rings. The summed E-state index contributed by atoms with van der Waals surface area (Å²) >= 11 is 0. The average molecular weight is 256 g/mol. The van der Waals surface area contributed by atoms with Gasteiger partial charge in [-0.15, -0.1) is 0 Å². The third-order valence-electron chi connectivity index (χ3n) is 1.88. The summed E-state index contributed by atoms with van der Waals surface area (Å²) in [5, 5.41) is 9.13. The molecule has 0 atom stereocenters. The van der Waals surface area contributed by atoms with Crippen molar-refractivity contribution < 1.29 is 31.2 Å². The standard InChI is InChI=1S/C8H7F3O4S/c1-4-2-5(16(13,14)15)3-6(7(4)12)8(9,10)11/h2-3,12H,1H3,(H,13,14,15). The van der Waals surface area contributed by atoms with Crippen molar-refractivity contribution in [3.63, 3.8) is 0 Å². The highest BCUT2D eigenvalue weighted by molar-refractivity contribution is 7.85. The van der Waals surface area contributed by atoms with Gasteiger partial charge in [0.05, 0.1) is 10.5 Å². The van der Waals surface area contributed by atoms with E-state index in [-0.39, 0.29) is 11.6 Å². The van der Waals surface area contributed by atoms with Gasteiger partial charge in [0, 0.05) is 0 Å². The highest BCUT2D eigenvalue weighted by Crippen LogP contribution is 2.38. The summed E-state index contributed by atoms with van der Waals surface area (Å²) in [4.78, 5) is -0.907. The zero-order valence-electron chi connectivity index (χ0n) is 7.91. The molecule has 2 N–H and O–H groups in total. The van der Waals surface area contributed by atoms with Gasteiger partial charge in [-0.2, -0.15) is 21.6 Å². The summed E-state index contributed by atoms with van der Waals surface area (Å²) in [6.45, 7) is 1.10. The molecule has 0 aliphatic carbocycles. The molecule has 16 heavy (non-hydrogen) atoms. The molecule has 1 rings (SSSR count). The molecule has 0 fully saturated rings. The largest absolute Gasteiger partial charge is 0.507 e. The molecule has 0 aliphatic heterocycles. The zero-order valence-corrected chi connectivity index (χ0v) is 8.72. The number of aryl methyl sites for hydroxylation is 1. The Morgan fingerprint density at radius 1 is 1.25 bits per heavy atom. The first-order valence-corrected chi connectivity index (χ1v) is 5.36. The maximum atomic E-state index is 12.4. The van der Waals surface area contributed by atoms with Crippen molar-refractivity contribution in [1.29, 1.82) is 0 Å². The molecule has 0 spiro atoms. The van der Waals surface area contributed by atoms with Crippen molar-refractivity contribution in [1.82, 2.24) is 0 Å². The summed E-state index contributed by atoms with van der Waals surface area (Å²) in [5.74, 6) is -1.06. The van der Waals surface area contributed by atoms with Gasteiger partial charge >= 0.3 is 6.18 Å². The van der Waals surface area contributed by atoms with E-state index in [0.717, 1.165) is 13.0 Å². The molecule has 0 saturated heterocycles. The van der Waals surface area contributed by atoms with Crippen LogP contribution in [-0.4, -0.2) is 18.1 Å². The van der Waals surface area contributed by atoms with Crippen molar-refractivity contribution in [2.24, 2.45) is 0 Å². The van der Waals surface area contributed by atoms with E-state index >= 15 is 0 Å². The van der Waals surface area contributed by atoms with Gasteiger partial charge in [-0.25, -0.2) is 0 Å². The van der Waals surface area contributed by atoms with Crippen molar-refractivity contribution in [3.8, 4) is 5.75 Å². The number of phenolic OH excluding ortho intramolecular Hbond substituents is 1. The summed E-state index contributed by atoms with van der Waals surface area (Å²) < 4.78 is 67.1. The van der Waals surface area contributed by atoms with Gasteiger partial charge in [0.1, 0.15) is 5.75 Å². The van der Waals surface area contributed by atoms with Crippen molar-refractivity contribution >= 4 is 10.1 Å². The first kappa shape index (κ1) is 12.8. The van der Waals surface area contributed by atoms with E-state index in [0.29, 0.717) is 0 Å². The summed E-state index contributed by atoms with van der Waals surface area (Å²) in [5.41, 5.74) is -1.79. The average Bonchev–Trinajstić information content (AvgIpc) is 2.05. The molecule has 0 aliphatic rings. The number of alkyl halides is 3. The molecule has 0 bridgehead atoms. The van der Waals surface area contributed by atoms with Crippen LogP contribution in [0.2, 0.25) is 0 Å². The highest BCUT2D eigenvalue weighted by atomic mass is 32.2. The minimum atomic E-state index is -4.89. The fraction of sp³-hybridized carbons (Fsp3) is 0.250. The number of hydrogen-bond donors (Lipinski definition) is 2. The molecule has 0 unspecified atom stereocenters. The Kier molecular flexibility index (Phi) is 2.90. The van der Waals surface area contributed by atoms with Gasteiger partial charge in [-0.05, 0) is 24.6 Å². The van der Waals surface area contributed by atoms with E-state index in [1.54, 1.807) is 0 Å². The number of hydrogen-bond acceptors (Lipinski definition) is 3. The van der Waals surface area contributed by atoms with E-state index in [1.807, 2.05) is 0 Å². The summed E-state index contributed by atoms with van der Waals surface area (Å²) in [6.07, 6.45) is -4.89. The molecule has 4 nitrogen and oxygen atoms in total. The van der Waals surface area contributed by atoms with Crippen LogP contribution in [0.4, 0.5) is 13.2 Å². The maximum absolute atomic E-state index is 12.4. The second-order valence-electron chi connectivity index (χ2n) is 3.11. The third kappa shape index (κ3) is 2.45. The Hall–Kier alpha value is -1.28. The number of rotatable bonds is 1. The predicted octanol–water partition coefficient (Wildman–Crippen LogP) is 1.97. The van der Waals surface area contributed by atoms with Crippen LogP contribution in [0.15, 0.2) is 17.0 Å². The summed E-state index contributed by atoms with van der Waals surface area (Å²) in [6, 6.07) is 0.928. The van der Waals surface area contributed by atoms with E-state index in [4.69, 9.17) is 9.66 Å². The quantitative estimate of drug-likeness (QED) is 0.753. The number of phenols is 1. The van der Waals surface area contributed by atoms with E-state index < -0.39 is 32.5 Å². The van der Waals surface area contributed by atoms with Crippen LogP contribution in [0.3, 0.4) is 0 Å². The Morgan fingerprint density at radius 2 is 1.75 bits per heavy atom. The van der Waals surface area contributed by atoms with Crippen LogP contribution in [0.25, 0.3) is 0 Å². The van der Waals surface area contributed by atoms with Crippen LogP contribution in [-0.2, 0) is 16.3 Å². The molecule has 8 heteroatoms. The molecular formula is C8H7F3O4S. The molecule has 0 saturated carbocycles. The monoisotopic (exact) mass is 256 g/mol. The predicted molar refractivity (Wildman–Crippen MR) is 47.7 cm³/mol. The van der Waals surface area contributed by atoms with Gasteiger partial charge < -0.3 is 5.11 Å². The van der Waals surface area contributed by atoms with E-state index in [2.05, 4.69) is 0 Å². The molecule has 0 radical (unpaired) electrons. The lowest BCUT2D eigenvalue weighted by Gasteiger charge is -2.12. The highest BCUT2D eigenvalue weighted by Gasteiger charge is 2.35. The zero-order chi connectivity index (χ0) is 12.7. The normalized spacial score (nSPS) is 12.8. The molecule has 1 aromatic carbocycles. The fourth-order valence-electron chi connectivity index (χ4n) is 1.11. The third-order valence-corrected chi connectivity index (χ3v) is 2.71. The topological polar surface area (TPSA) is 74.6 Å². The fourth-order valence-corrected chi connectivity index (χ4v) is 1.70. The van der Waals surface area contributed by atoms with E-state index in [1.165, 1.54) is 0 Å². The second-order valence-corrected chi connectivity index (χ2v) is 4.53. The van der Waals surface area contributed by atoms with Gasteiger partial charge in [-0.3, -0.25) is 4.55 Å². The van der Waals surface area contributed by atoms with Crippen molar-refractivity contribution in [2.75, 3.05) is 0 Å². The molecular weight excluding hydrogens is 249 g/mol. The van der Waals surface area contributed by atoms with Crippen LogP contribution in [0, 0.1) is 6.92 Å². The van der Waals surface area contributed by atoms with Crippen LogP contribution < -0.4 is 0 Å². The second kappa shape index (κ2) is 3.63. The van der Waals surface area contributed by atoms with Crippen LogP contribution in [0.5, 0.6) is 5.75 Å². The van der Waals surface area contributed by atoms with Crippen molar-refractivity contribution in [2.45, 2.75) is 18.0 Å². The van der Waals surface area contributed by atoms with Gasteiger partial charge in [0.15, 0.2) is 0 Å². The number of halogens is 3. The van der Waals surface area contributed by atoms with Crippen molar-refractivity contribution in [3.05, 3.63) is 23.3 Å². The molecule has 0 amide bonds. The number of benzene rings is 1. The van der Waals surface area contributed by atoms with Crippen LogP contribution in [0.1, 0.15) is 11.1 Å². The Labute approximate surface area is 89.1 Å². The Bertz CT molecular complexity index is 519. The van der Waals surface area contributed by atoms with Gasteiger partial charge in [0.2, 0.25) is 0 Å². The van der Waals surface area contributed by atoms with Crippen LogP contribution >= 0.6 is 0 Å². The summed E-state index contributed by atoms with van der Waals surface area (Å²) in [7, 11) is -4.74. The molecule has 0 heterocycles.